The summed E-state index contributed by atoms with van der Waals surface area (Å²) in [4.78, 5) is 4.19. The molecule has 1 aliphatic rings. The van der Waals surface area contributed by atoms with Crippen LogP contribution in [0.25, 0.3) is 0 Å². The van der Waals surface area contributed by atoms with E-state index in [0.29, 0.717) is 19.4 Å². The molecule has 84 valence electrons. The van der Waals surface area contributed by atoms with Crippen molar-refractivity contribution in [3.63, 3.8) is 0 Å². The molecule has 1 aliphatic heterocycles. The molecule has 15 heavy (non-hydrogen) atoms. The van der Waals surface area contributed by atoms with Gasteiger partial charge in [-0.3, -0.25) is 0 Å². The molecule has 1 fully saturated rings. The molecule has 0 amide bonds. The monoisotopic (exact) mass is 246 g/mol. The van der Waals surface area contributed by atoms with E-state index in [9.17, 15) is 8.42 Å². The molecular formula is C9H14N2O2S2. The molecule has 0 aliphatic carbocycles. The number of aromatic nitrogens is 1. The Labute approximate surface area is 93.4 Å². The highest BCUT2D eigenvalue weighted by Gasteiger charge is 2.41. The molecule has 0 radical (unpaired) electrons. The number of nitrogens with zero attached hydrogens (tertiary/aromatic N) is 1. The van der Waals surface area contributed by atoms with Crippen molar-refractivity contribution in [3.05, 3.63) is 16.6 Å². The third-order valence-corrected chi connectivity index (χ3v) is 5.46. The molecule has 1 saturated heterocycles. The first kappa shape index (κ1) is 11.0. The Morgan fingerprint density at radius 3 is 2.87 bits per heavy atom. The number of nitrogens with two attached hydrogens (primary N) is 1. The summed E-state index contributed by atoms with van der Waals surface area (Å²) in [5.74, 6) is 0.488. The van der Waals surface area contributed by atoms with Crippen molar-refractivity contribution in [1.82, 2.24) is 4.98 Å². The SMILES string of the molecule is NCC1(Cc2cscn2)CCS(=O)(=O)C1. The number of rotatable bonds is 3. The Kier molecular flexibility index (Phi) is 2.83. The second-order valence-electron chi connectivity index (χ2n) is 4.20. The first-order valence-corrected chi connectivity index (χ1v) is 7.59. The second kappa shape index (κ2) is 3.84. The number of sulfone groups is 1. The fraction of sp³-hybridized carbons (Fsp3) is 0.667. The van der Waals surface area contributed by atoms with Crippen molar-refractivity contribution >= 4 is 21.2 Å². The van der Waals surface area contributed by atoms with Crippen molar-refractivity contribution in [2.24, 2.45) is 11.1 Å². The molecule has 1 unspecified atom stereocenters. The minimum absolute atomic E-state index is 0.216. The minimum atomic E-state index is -2.87. The van der Waals surface area contributed by atoms with E-state index in [-0.39, 0.29) is 16.9 Å². The minimum Gasteiger partial charge on any atom is -0.330 e. The molecule has 2 heterocycles. The van der Waals surface area contributed by atoms with E-state index in [1.807, 2.05) is 5.38 Å². The quantitative estimate of drug-likeness (QED) is 0.840. The molecule has 1 aromatic heterocycles. The van der Waals surface area contributed by atoms with Crippen LogP contribution in [0.5, 0.6) is 0 Å². The maximum absolute atomic E-state index is 11.5. The molecule has 1 aromatic rings. The van der Waals surface area contributed by atoms with Gasteiger partial charge in [0.25, 0.3) is 0 Å². The Bertz CT molecular complexity index is 427. The summed E-state index contributed by atoms with van der Waals surface area (Å²) in [5, 5.41) is 1.96. The van der Waals surface area contributed by atoms with Crippen LogP contribution in [-0.2, 0) is 16.3 Å². The fourth-order valence-corrected chi connectivity index (χ4v) is 4.81. The lowest BCUT2D eigenvalue weighted by atomic mass is 9.83. The summed E-state index contributed by atoms with van der Waals surface area (Å²) in [5.41, 5.74) is 8.17. The molecule has 2 N–H and O–H groups in total. The third kappa shape index (κ3) is 2.38. The maximum Gasteiger partial charge on any atom is 0.150 e. The van der Waals surface area contributed by atoms with Crippen LogP contribution in [0.15, 0.2) is 10.9 Å². The highest BCUT2D eigenvalue weighted by Crippen LogP contribution is 2.34. The Morgan fingerprint density at radius 1 is 1.60 bits per heavy atom. The van der Waals surface area contributed by atoms with E-state index < -0.39 is 9.84 Å². The van der Waals surface area contributed by atoms with Gasteiger partial charge >= 0.3 is 0 Å². The van der Waals surface area contributed by atoms with Gasteiger partial charge in [-0.05, 0) is 19.4 Å². The lowest BCUT2D eigenvalue weighted by Gasteiger charge is -2.24. The first-order chi connectivity index (χ1) is 7.05. The van der Waals surface area contributed by atoms with E-state index in [2.05, 4.69) is 4.98 Å². The number of hydrogen-bond acceptors (Lipinski definition) is 5. The van der Waals surface area contributed by atoms with E-state index >= 15 is 0 Å². The molecule has 6 heteroatoms. The van der Waals surface area contributed by atoms with Gasteiger partial charge in [-0.15, -0.1) is 11.3 Å². The van der Waals surface area contributed by atoms with Gasteiger partial charge in [0.1, 0.15) is 0 Å². The standard InChI is InChI=1S/C9H14N2O2S2/c10-5-9(1-2-15(12,13)6-9)3-8-4-14-7-11-8/h4,7H,1-3,5-6,10H2. The highest BCUT2D eigenvalue weighted by atomic mass is 32.2. The lowest BCUT2D eigenvalue weighted by molar-refractivity contribution is 0.341. The van der Waals surface area contributed by atoms with Crippen molar-refractivity contribution in [2.75, 3.05) is 18.1 Å². The molecule has 0 bridgehead atoms. The van der Waals surface area contributed by atoms with Gasteiger partial charge in [-0.25, -0.2) is 13.4 Å². The molecule has 0 aromatic carbocycles. The molecule has 0 saturated carbocycles. The van der Waals surface area contributed by atoms with Gasteiger partial charge in [0.05, 0.1) is 22.7 Å². The zero-order valence-electron chi connectivity index (χ0n) is 8.35. The molecule has 0 spiro atoms. The third-order valence-electron chi connectivity index (χ3n) is 2.94. The zero-order chi connectivity index (χ0) is 10.9. The second-order valence-corrected chi connectivity index (χ2v) is 7.11. The Morgan fingerprint density at radius 2 is 2.40 bits per heavy atom. The van der Waals surface area contributed by atoms with Gasteiger partial charge in [0.15, 0.2) is 9.84 Å². The van der Waals surface area contributed by atoms with Gasteiger partial charge in [0, 0.05) is 10.8 Å². The van der Waals surface area contributed by atoms with E-state index in [1.54, 1.807) is 5.51 Å². The van der Waals surface area contributed by atoms with Crippen molar-refractivity contribution in [1.29, 1.82) is 0 Å². The van der Waals surface area contributed by atoms with Gasteiger partial charge in [-0.1, -0.05) is 0 Å². The maximum atomic E-state index is 11.5. The molecular weight excluding hydrogens is 232 g/mol. The average molecular weight is 246 g/mol. The zero-order valence-corrected chi connectivity index (χ0v) is 9.98. The van der Waals surface area contributed by atoms with Crippen LogP contribution >= 0.6 is 11.3 Å². The number of hydrogen-bond donors (Lipinski definition) is 1. The number of thiazole rings is 1. The summed E-state index contributed by atoms with van der Waals surface area (Å²) in [6.07, 6.45) is 1.36. The normalized spacial score (nSPS) is 29.4. The highest BCUT2D eigenvalue weighted by molar-refractivity contribution is 7.91. The van der Waals surface area contributed by atoms with Crippen LogP contribution in [0.1, 0.15) is 12.1 Å². The smallest absolute Gasteiger partial charge is 0.150 e. The molecule has 4 nitrogen and oxygen atoms in total. The summed E-state index contributed by atoms with van der Waals surface area (Å²) in [7, 11) is -2.87. The van der Waals surface area contributed by atoms with Gasteiger partial charge < -0.3 is 5.73 Å². The summed E-state index contributed by atoms with van der Waals surface area (Å²) in [6, 6.07) is 0. The summed E-state index contributed by atoms with van der Waals surface area (Å²) < 4.78 is 22.9. The van der Waals surface area contributed by atoms with E-state index in [4.69, 9.17) is 5.73 Å². The average Bonchev–Trinajstić information content (AvgIpc) is 2.75. The summed E-state index contributed by atoms with van der Waals surface area (Å²) in [6.45, 7) is 0.420. The van der Waals surface area contributed by atoms with E-state index in [1.165, 1.54) is 11.3 Å². The van der Waals surface area contributed by atoms with Crippen LogP contribution in [0.3, 0.4) is 0 Å². The Balaban J connectivity index is 2.17. The summed E-state index contributed by atoms with van der Waals surface area (Å²) >= 11 is 1.53. The van der Waals surface area contributed by atoms with Crippen molar-refractivity contribution in [3.8, 4) is 0 Å². The van der Waals surface area contributed by atoms with Crippen LogP contribution in [0.4, 0.5) is 0 Å². The van der Waals surface area contributed by atoms with Gasteiger partial charge in [-0.2, -0.15) is 0 Å². The van der Waals surface area contributed by atoms with E-state index in [0.717, 1.165) is 5.69 Å². The van der Waals surface area contributed by atoms with Crippen LogP contribution in [0.2, 0.25) is 0 Å². The molecule has 2 rings (SSSR count). The lowest BCUT2D eigenvalue weighted by Crippen LogP contribution is -2.34. The topological polar surface area (TPSA) is 73.0 Å². The molecule has 1 atom stereocenters. The van der Waals surface area contributed by atoms with Crippen LogP contribution in [-0.4, -0.2) is 31.5 Å². The van der Waals surface area contributed by atoms with Crippen LogP contribution in [0, 0.1) is 5.41 Å². The largest absolute Gasteiger partial charge is 0.330 e. The van der Waals surface area contributed by atoms with Crippen molar-refractivity contribution in [2.45, 2.75) is 12.8 Å². The first-order valence-electron chi connectivity index (χ1n) is 4.83. The van der Waals surface area contributed by atoms with Crippen molar-refractivity contribution < 1.29 is 8.42 Å². The predicted octanol–water partition coefficient (Wildman–Crippen LogP) is 0.449. The Hall–Kier alpha value is -0.460. The fourth-order valence-electron chi connectivity index (χ4n) is 2.06. The van der Waals surface area contributed by atoms with Crippen LogP contribution < -0.4 is 5.73 Å². The predicted molar refractivity (Wildman–Crippen MR) is 60.6 cm³/mol. The van der Waals surface area contributed by atoms with Gasteiger partial charge in [0.2, 0.25) is 0 Å².